The lowest BCUT2D eigenvalue weighted by atomic mass is 9.80. The van der Waals surface area contributed by atoms with Crippen molar-refractivity contribution in [1.29, 1.82) is 0 Å². The van der Waals surface area contributed by atoms with E-state index in [4.69, 9.17) is 14.8 Å². The zero-order valence-electron chi connectivity index (χ0n) is 8.91. The Bertz CT molecular complexity index is 335. The summed E-state index contributed by atoms with van der Waals surface area (Å²) in [6.45, 7) is 2.16. The van der Waals surface area contributed by atoms with Gasteiger partial charge in [-0.1, -0.05) is 13.3 Å². The molecular formula is C10H13BF2O3. The summed E-state index contributed by atoms with van der Waals surface area (Å²) in [5.41, 5.74) is -0.238. The SMILES string of the molecule is CCCCOc1c(F)cc(B(O)O)cc1F. The average molecular weight is 230 g/mol. The van der Waals surface area contributed by atoms with E-state index < -0.39 is 24.5 Å². The van der Waals surface area contributed by atoms with E-state index in [1.54, 1.807) is 0 Å². The van der Waals surface area contributed by atoms with Crippen LogP contribution in [-0.2, 0) is 0 Å². The smallest absolute Gasteiger partial charge is 0.488 e. The fourth-order valence-electron chi connectivity index (χ4n) is 1.19. The van der Waals surface area contributed by atoms with Gasteiger partial charge in [-0.15, -0.1) is 0 Å². The van der Waals surface area contributed by atoms with Crippen molar-refractivity contribution in [3.8, 4) is 5.75 Å². The molecule has 3 nitrogen and oxygen atoms in total. The third-order valence-corrected chi connectivity index (χ3v) is 2.06. The summed E-state index contributed by atoms with van der Waals surface area (Å²) in [6.07, 6.45) is 1.56. The fourth-order valence-corrected chi connectivity index (χ4v) is 1.19. The molecule has 0 heterocycles. The first-order chi connectivity index (χ1) is 7.56. The van der Waals surface area contributed by atoms with Gasteiger partial charge in [0, 0.05) is 0 Å². The molecule has 16 heavy (non-hydrogen) atoms. The summed E-state index contributed by atoms with van der Waals surface area (Å²) < 4.78 is 31.6. The molecule has 2 N–H and O–H groups in total. The molecule has 0 spiro atoms. The van der Waals surface area contributed by atoms with E-state index in [-0.39, 0.29) is 12.1 Å². The monoisotopic (exact) mass is 230 g/mol. The van der Waals surface area contributed by atoms with Gasteiger partial charge in [-0.2, -0.15) is 0 Å². The van der Waals surface area contributed by atoms with E-state index in [1.807, 2.05) is 6.92 Å². The van der Waals surface area contributed by atoms with E-state index in [0.717, 1.165) is 18.6 Å². The van der Waals surface area contributed by atoms with Gasteiger partial charge in [0.1, 0.15) is 0 Å². The molecule has 1 aromatic rings. The zero-order chi connectivity index (χ0) is 12.1. The lowest BCUT2D eigenvalue weighted by molar-refractivity contribution is 0.278. The molecular weight excluding hydrogens is 217 g/mol. The van der Waals surface area contributed by atoms with E-state index in [1.165, 1.54) is 0 Å². The standard InChI is InChI=1S/C10H13BF2O3/c1-2-3-4-16-10-8(12)5-7(11(14)15)6-9(10)13/h5-6,14-15H,2-4H2,1H3. The van der Waals surface area contributed by atoms with E-state index in [9.17, 15) is 8.78 Å². The highest BCUT2D eigenvalue weighted by Crippen LogP contribution is 2.20. The number of rotatable bonds is 5. The first-order valence-corrected chi connectivity index (χ1v) is 5.04. The summed E-state index contributed by atoms with van der Waals surface area (Å²) >= 11 is 0. The van der Waals surface area contributed by atoms with Crippen LogP contribution in [0.25, 0.3) is 0 Å². The molecule has 0 bridgehead atoms. The molecule has 1 aromatic carbocycles. The van der Waals surface area contributed by atoms with Gasteiger partial charge in [-0.05, 0) is 24.0 Å². The van der Waals surface area contributed by atoms with E-state index in [2.05, 4.69) is 0 Å². The molecule has 0 aromatic heterocycles. The molecule has 1 rings (SSSR count). The Labute approximate surface area is 92.8 Å². The normalized spacial score (nSPS) is 10.3. The Morgan fingerprint density at radius 1 is 1.25 bits per heavy atom. The fraction of sp³-hybridized carbons (Fsp3) is 0.400. The van der Waals surface area contributed by atoms with Crippen molar-refractivity contribution in [1.82, 2.24) is 0 Å². The van der Waals surface area contributed by atoms with Crippen molar-refractivity contribution in [2.24, 2.45) is 0 Å². The largest absolute Gasteiger partial charge is 0.488 e. The lowest BCUT2D eigenvalue weighted by Gasteiger charge is -2.09. The molecule has 0 aliphatic carbocycles. The lowest BCUT2D eigenvalue weighted by Crippen LogP contribution is -2.30. The minimum Gasteiger partial charge on any atom is -0.488 e. The maximum Gasteiger partial charge on any atom is 0.488 e. The molecule has 0 unspecified atom stereocenters. The molecule has 0 aliphatic rings. The summed E-state index contributed by atoms with van der Waals surface area (Å²) in [7, 11) is -1.89. The molecule has 0 saturated carbocycles. The molecule has 0 radical (unpaired) electrons. The van der Waals surface area contributed by atoms with Crippen molar-refractivity contribution in [3.63, 3.8) is 0 Å². The quantitative estimate of drug-likeness (QED) is 0.581. The number of hydrogen-bond acceptors (Lipinski definition) is 3. The number of ether oxygens (including phenoxy) is 1. The number of unbranched alkanes of at least 4 members (excludes halogenated alkanes) is 1. The number of benzene rings is 1. The average Bonchev–Trinajstić information content (AvgIpc) is 2.21. The van der Waals surface area contributed by atoms with Gasteiger partial charge in [0.15, 0.2) is 17.4 Å². The summed E-state index contributed by atoms with van der Waals surface area (Å²) in [5.74, 6) is -2.34. The second kappa shape index (κ2) is 5.82. The van der Waals surface area contributed by atoms with Crippen LogP contribution in [0.1, 0.15) is 19.8 Å². The predicted molar refractivity (Wildman–Crippen MR) is 56.6 cm³/mol. The summed E-state index contributed by atoms with van der Waals surface area (Å²) in [6, 6.07) is 1.68. The molecule has 6 heteroatoms. The predicted octanol–water partition coefficient (Wildman–Crippen LogP) is 0.823. The highest BCUT2D eigenvalue weighted by atomic mass is 19.1. The van der Waals surface area contributed by atoms with Crippen molar-refractivity contribution < 1.29 is 23.6 Å². The van der Waals surface area contributed by atoms with Crippen LogP contribution in [0.4, 0.5) is 8.78 Å². The minimum atomic E-state index is -1.89. The van der Waals surface area contributed by atoms with Crippen LogP contribution >= 0.6 is 0 Å². The van der Waals surface area contributed by atoms with Gasteiger partial charge in [-0.3, -0.25) is 0 Å². The Morgan fingerprint density at radius 3 is 2.25 bits per heavy atom. The van der Waals surface area contributed by atoms with Crippen LogP contribution in [-0.4, -0.2) is 23.8 Å². The Kier molecular flexibility index (Phi) is 4.70. The van der Waals surface area contributed by atoms with Crippen LogP contribution in [0.15, 0.2) is 12.1 Å². The number of halogens is 2. The van der Waals surface area contributed by atoms with Gasteiger partial charge >= 0.3 is 7.12 Å². The van der Waals surface area contributed by atoms with Gasteiger partial charge in [0.2, 0.25) is 0 Å². The van der Waals surface area contributed by atoms with Gasteiger partial charge < -0.3 is 14.8 Å². The molecule has 0 aliphatic heterocycles. The molecule has 0 saturated heterocycles. The molecule has 0 fully saturated rings. The first-order valence-electron chi connectivity index (χ1n) is 5.04. The Hall–Kier alpha value is -1.14. The third-order valence-electron chi connectivity index (χ3n) is 2.06. The van der Waals surface area contributed by atoms with Crippen molar-refractivity contribution >= 4 is 12.6 Å². The van der Waals surface area contributed by atoms with Crippen molar-refractivity contribution in [2.75, 3.05) is 6.61 Å². The second-order valence-corrected chi connectivity index (χ2v) is 3.39. The highest BCUT2D eigenvalue weighted by molar-refractivity contribution is 6.58. The second-order valence-electron chi connectivity index (χ2n) is 3.39. The highest BCUT2D eigenvalue weighted by Gasteiger charge is 2.18. The van der Waals surface area contributed by atoms with E-state index >= 15 is 0 Å². The summed E-state index contributed by atoms with van der Waals surface area (Å²) in [4.78, 5) is 0. The van der Waals surface area contributed by atoms with Gasteiger partial charge in [0.05, 0.1) is 6.61 Å². The maximum atomic E-state index is 13.3. The zero-order valence-corrected chi connectivity index (χ0v) is 8.91. The van der Waals surface area contributed by atoms with Crippen molar-refractivity contribution in [2.45, 2.75) is 19.8 Å². The number of hydrogen-bond donors (Lipinski definition) is 2. The maximum absolute atomic E-state index is 13.3. The van der Waals surface area contributed by atoms with E-state index in [0.29, 0.717) is 6.42 Å². The minimum absolute atomic E-state index is 0.228. The molecule has 0 atom stereocenters. The topological polar surface area (TPSA) is 49.7 Å². The van der Waals surface area contributed by atoms with Crippen molar-refractivity contribution in [3.05, 3.63) is 23.8 Å². The van der Waals surface area contributed by atoms with Crippen LogP contribution in [0.5, 0.6) is 5.75 Å². The molecule has 88 valence electrons. The Morgan fingerprint density at radius 2 is 1.81 bits per heavy atom. The van der Waals surface area contributed by atoms with Crippen LogP contribution in [0, 0.1) is 11.6 Å². The third kappa shape index (κ3) is 3.18. The van der Waals surface area contributed by atoms with Crippen LogP contribution in [0.3, 0.4) is 0 Å². The Balaban J connectivity index is 2.85. The van der Waals surface area contributed by atoms with Crippen LogP contribution in [0.2, 0.25) is 0 Å². The molecule has 0 amide bonds. The van der Waals surface area contributed by atoms with Gasteiger partial charge in [-0.25, -0.2) is 8.78 Å². The first kappa shape index (κ1) is 12.9. The summed E-state index contributed by atoms with van der Waals surface area (Å²) in [5, 5.41) is 17.5. The van der Waals surface area contributed by atoms with Crippen LogP contribution < -0.4 is 10.2 Å². The van der Waals surface area contributed by atoms with Gasteiger partial charge in [0.25, 0.3) is 0 Å².